The van der Waals surface area contributed by atoms with E-state index < -0.39 is 5.82 Å². The number of rotatable bonds is 7. The van der Waals surface area contributed by atoms with Crippen LogP contribution in [0, 0.1) is 5.82 Å². The van der Waals surface area contributed by atoms with Crippen molar-refractivity contribution >= 4 is 17.9 Å². The van der Waals surface area contributed by atoms with Gasteiger partial charge in [0.1, 0.15) is 5.75 Å². The topological polar surface area (TPSA) is 81.2 Å². The molecule has 0 bridgehead atoms. The lowest BCUT2D eigenvalue weighted by Crippen LogP contribution is -2.50. The maximum Gasteiger partial charge on any atom is 0.254 e. The molecule has 8 nitrogen and oxygen atoms in total. The van der Waals surface area contributed by atoms with Gasteiger partial charge in [-0.2, -0.15) is 0 Å². The molecule has 0 atom stereocenters. The largest absolute Gasteiger partial charge is 0.493 e. The fourth-order valence-corrected chi connectivity index (χ4v) is 3.79. The van der Waals surface area contributed by atoms with Gasteiger partial charge in [-0.1, -0.05) is 6.07 Å². The molecule has 3 aromatic rings. The van der Waals surface area contributed by atoms with Crippen LogP contribution in [0.25, 0.3) is 6.08 Å². The maximum atomic E-state index is 14.4. The van der Waals surface area contributed by atoms with E-state index in [1.807, 2.05) is 0 Å². The number of pyridine rings is 1. The Balaban J connectivity index is 1.32. The van der Waals surface area contributed by atoms with E-state index in [0.717, 1.165) is 0 Å². The van der Waals surface area contributed by atoms with Crippen molar-refractivity contribution in [3.05, 3.63) is 83.9 Å². The van der Waals surface area contributed by atoms with Crippen LogP contribution >= 0.6 is 0 Å². The van der Waals surface area contributed by atoms with Gasteiger partial charge in [0.2, 0.25) is 5.91 Å². The highest BCUT2D eigenvalue weighted by atomic mass is 19.1. The monoisotopic (exact) mass is 491 g/mol. The molecule has 0 N–H and O–H groups in total. The summed E-state index contributed by atoms with van der Waals surface area (Å²) in [5.41, 5.74) is 1.02. The smallest absolute Gasteiger partial charge is 0.254 e. The number of piperazine rings is 1. The summed E-state index contributed by atoms with van der Waals surface area (Å²) in [6, 6.07) is 12.9. The summed E-state index contributed by atoms with van der Waals surface area (Å²) in [4.78, 5) is 32.8. The second kappa shape index (κ2) is 11.4. The summed E-state index contributed by atoms with van der Waals surface area (Å²) in [5.74, 6) is 0.644. The van der Waals surface area contributed by atoms with Crippen LogP contribution in [0.5, 0.6) is 23.0 Å². The van der Waals surface area contributed by atoms with Gasteiger partial charge in [0.05, 0.1) is 20.4 Å². The molecule has 2 aromatic carbocycles. The van der Waals surface area contributed by atoms with Crippen LogP contribution in [-0.2, 0) is 4.79 Å². The third-order valence-corrected chi connectivity index (χ3v) is 5.75. The Labute approximate surface area is 208 Å². The zero-order valence-corrected chi connectivity index (χ0v) is 20.0. The lowest BCUT2D eigenvalue weighted by molar-refractivity contribution is -0.127. The molecule has 186 valence electrons. The van der Waals surface area contributed by atoms with Crippen molar-refractivity contribution in [1.82, 2.24) is 14.8 Å². The van der Waals surface area contributed by atoms with E-state index in [-0.39, 0.29) is 17.6 Å². The number of halogens is 1. The fraction of sp³-hybridized carbons (Fsp3) is 0.222. The Morgan fingerprint density at radius 3 is 2.31 bits per heavy atom. The molecule has 0 aliphatic carbocycles. The van der Waals surface area contributed by atoms with Gasteiger partial charge >= 0.3 is 0 Å². The van der Waals surface area contributed by atoms with E-state index >= 15 is 0 Å². The van der Waals surface area contributed by atoms with Gasteiger partial charge in [-0.15, -0.1) is 0 Å². The lowest BCUT2D eigenvalue weighted by atomic mass is 10.1. The molecule has 2 amide bonds. The van der Waals surface area contributed by atoms with Crippen LogP contribution < -0.4 is 14.2 Å². The van der Waals surface area contributed by atoms with Gasteiger partial charge in [-0.25, -0.2) is 4.39 Å². The van der Waals surface area contributed by atoms with E-state index in [2.05, 4.69) is 4.98 Å². The quantitative estimate of drug-likeness (QED) is 0.465. The highest BCUT2D eigenvalue weighted by Gasteiger charge is 2.24. The predicted octanol–water partition coefficient (Wildman–Crippen LogP) is 4.03. The SMILES string of the molecule is COc1ccc(C(=O)N2CCN(C(=O)/C=C/c3ccc(Oc4cccnc4)c(F)c3)CC2)cc1OC. The van der Waals surface area contributed by atoms with Gasteiger partial charge in [-0.05, 0) is 54.1 Å². The Kier molecular flexibility index (Phi) is 7.79. The average Bonchev–Trinajstić information content (AvgIpc) is 2.93. The van der Waals surface area contributed by atoms with E-state index in [1.165, 1.54) is 38.6 Å². The maximum absolute atomic E-state index is 14.4. The first kappa shape index (κ1) is 24.7. The summed E-state index contributed by atoms with van der Waals surface area (Å²) in [5, 5.41) is 0. The first-order valence-corrected chi connectivity index (χ1v) is 11.3. The van der Waals surface area contributed by atoms with Crippen LogP contribution in [0.1, 0.15) is 15.9 Å². The minimum absolute atomic E-state index is 0.0711. The number of aromatic nitrogens is 1. The number of carbonyl (C=O) groups excluding carboxylic acids is 2. The van der Waals surface area contributed by atoms with Crippen molar-refractivity contribution in [2.24, 2.45) is 0 Å². The summed E-state index contributed by atoms with van der Waals surface area (Å²) in [7, 11) is 3.05. The molecule has 36 heavy (non-hydrogen) atoms. The zero-order chi connectivity index (χ0) is 25.5. The van der Waals surface area contributed by atoms with Gasteiger partial charge in [-0.3, -0.25) is 14.6 Å². The standard InChI is InChI=1S/C27H26FN3O5/c1-34-24-9-7-20(17-25(24)35-2)27(33)31-14-12-30(13-15-31)26(32)10-6-19-5-8-23(22(28)16-19)36-21-4-3-11-29-18-21/h3-11,16-18H,12-15H2,1-2H3/b10-6+. The van der Waals surface area contributed by atoms with Gasteiger partial charge < -0.3 is 24.0 Å². The first-order chi connectivity index (χ1) is 17.5. The molecule has 1 aliphatic rings. The van der Waals surface area contributed by atoms with E-state index in [0.29, 0.717) is 54.6 Å². The summed E-state index contributed by atoms with van der Waals surface area (Å²) in [6.07, 6.45) is 6.06. The number of methoxy groups -OCH3 is 2. The molecule has 1 fully saturated rings. The summed E-state index contributed by atoms with van der Waals surface area (Å²) >= 11 is 0. The molecule has 4 rings (SSSR count). The normalized spacial score (nSPS) is 13.5. The van der Waals surface area contributed by atoms with Crippen molar-refractivity contribution in [2.45, 2.75) is 0 Å². The minimum atomic E-state index is -0.546. The zero-order valence-electron chi connectivity index (χ0n) is 20.0. The number of benzene rings is 2. The molecule has 1 saturated heterocycles. The molecule has 0 radical (unpaired) electrons. The number of ether oxygens (including phenoxy) is 3. The van der Waals surface area contributed by atoms with Gasteiger partial charge in [0.25, 0.3) is 5.91 Å². The first-order valence-electron chi connectivity index (χ1n) is 11.3. The third kappa shape index (κ3) is 5.80. The summed E-state index contributed by atoms with van der Waals surface area (Å²) < 4.78 is 30.4. The Morgan fingerprint density at radius 2 is 1.64 bits per heavy atom. The molecule has 2 heterocycles. The molecular weight excluding hydrogens is 465 g/mol. The van der Waals surface area contributed by atoms with E-state index in [4.69, 9.17) is 14.2 Å². The Hall–Kier alpha value is -4.40. The van der Waals surface area contributed by atoms with Crippen molar-refractivity contribution in [1.29, 1.82) is 0 Å². The van der Waals surface area contributed by atoms with Crippen molar-refractivity contribution < 1.29 is 28.2 Å². The number of hydrogen-bond acceptors (Lipinski definition) is 6. The number of carbonyl (C=O) groups is 2. The fourth-order valence-electron chi connectivity index (χ4n) is 3.79. The van der Waals surface area contributed by atoms with Gasteiger partial charge in [0.15, 0.2) is 23.1 Å². The second-order valence-electron chi connectivity index (χ2n) is 8.00. The molecular formula is C27H26FN3O5. The second-order valence-corrected chi connectivity index (χ2v) is 8.00. The van der Waals surface area contributed by atoms with E-state index in [1.54, 1.807) is 58.5 Å². The number of amides is 2. The molecule has 1 aromatic heterocycles. The van der Waals surface area contributed by atoms with Gasteiger partial charge in [0, 0.05) is 44.0 Å². The number of hydrogen-bond donors (Lipinski definition) is 0. The van der Waals surface area contributed by atoms with Crippen LogP contribution in [0.2, 0.25) is 0 Å². The van der Waals surface area contributed by atoms with Crippen LogP contribution in [0.4, 0.5) is 4.39 Å². The highest BCUT2D eigenvalue weighted by molar-refractivity contribution is 5.95. The van der Waals surface area contributed by atoms with Crippen molar-refractivity contribution in [3.8, 4) is 23.0 Å². The predicted molar refractivity (Wildman–Crippen MR) is 132 cm³/mol. The Bertz CT molecular complexity index is 1260. The lowest BCUT2D eigenvalue weighted by Gasteiger charge is -2.34. The van der Waals surface area contributed by atoms with Crippen LogP contribution in [0.15, 0.2) is 67.0 Å². The number of nitrogens with zero attached hydrogens (tertiary/aromatic N) is 3. The molecule has 1 aliphatic heterocycles. The molecule has 9 heteroatoms. The molecule has 0 spiro atoms. The Morgan fingerprint density at radius 1 is 0.917 bits per heavy atom. The van der Waals surface area contributed by atoms with Crippen LogP contribution in [-0.4, -0.2) is 67.0 Å². The molecule has 0 unspecified atom stereocenters. The summed E-state index contributed by atoms with van der Waals surface area (Å²) in [6.45, 7) is 1.60. The minimum Gasteiger partial charge on any atom is -0.493 e. The van der Waals surface area contributed by atoms with Crippen molar-refractivity contribution in [2.75, 3.05) is 40.4 Å². The molecule has 0 saturated carbocycles. The highest BCUT2D eigenvalue weighted by Crippen LogP contribution is 2.28. The van der Waals surface area contributed by atoms with Crippen LogP contribution in [0.3, 0.4) is 0 Å². The van der Waals surface area contributed by atoms with E-state index in [9.17, 15) is 14.0 Å². The third-order valence-electron chi connectivity index (χ3n) is 5.75. The van der Waals surface area contributed by atoms with Crippen molar-refractivity contribution in [3.63, 3.8) is 0 Å². The average molecular weight is 492 g/mol.